The number of nitrogens with zero attached hydrogens (tertiary/aromatic N) is 3. The smallest absolute Gasteiger partial charge is 0.270 e. The van der Waals surface area contributed by atoms with Crippen LogP contribution < -0.4 is 10.2 Å². The van der Waals surface area contributed by atoms with Crippen molar-refractivity contribution >= 4 is 11.7 Å². The summed E-state index contributed by atoms with van der Waals surface area (Å²) in [6, 6.07) is 12.1. The Hall–Kier alpha value is -2.43. The van der Waals surface area contributed by atoms with E-state index in [2.05, 4.69) is 32.3 Å². The van der Waals surface area contributed by atoms with Crippen LogP contribution >= 0.6 is 0 Å². The Balaban J connectivity index is 1.49. The highest BCUT2D eigenvalue weighted by atomic mass is 16.1. The van der Waals surface area contributed by atoms with Gasteiger partial charge < -0.3 is 10.2 Å². The molecule has 0 bridgehead atoms. The zero-order valence-corrected chi connectivity index (χ0v) is 13.2. The van der Waals surface area contributed by atoms with Crippen molar-refractivity contribution in [1.29, 1.82) is 0 Å². The first-order valence-corrected chi connectivity index (χ1v) is 8.22. The number of hydrogen-bond donors (Lipinski definition) is 1. The van der Waals surface area contributed by atoms with Crippen LogP contribution in [0.3, 0.4) is 0 Å². The third-order valence-electron chi connectivity index (χ3n) is 4.09. The van der Waals surface area contributed by atoms with E-state index >= 15 is 0 Å². The first kappa shape index (κ1) is 15.5. The number of benzene rings is 1. The first-order valence-electron chi connectivity index (χ1n) is 8.22. The van der Waals surface area contributed by atoms with Crippen molar-refractivity contribution in [3.05, 3.63) is 54.0 Å². The molecular formula is C18H22N4O. The SMILES string of the molecule is O=C(NCCCc1ccccc1)c1cc(N2CCCC2)ncn1. The van der Waals surface area contributed by atoms with E-state index in [4.69, 9.17) is 0 Å². The Bertz CT molecular complexity index is 638. The van der Waals surface area contributed by atoms with E-state index in [1.54, 1.807) is 6.07 Å². The molecule has 2 aromatic rings. The summed E-state index contributed by atoms with van der Waals surface area (Å²) in [6.07, 6.45) is 5.73. The highest BCUT2D eigenvalue weighted by Crippen LogP contribution is 2.17. The molecule has 2 heterocycles. The van der Waals surface area contributed by atoms with E-state index in [9.17, 15) is 4.79 Å². The van der Waals surface area contributed by atoms with Gasteiger partial charge in [-0.05, 0) is 31.2 Å². The fourth-order valence-electron chi connectivity index (χ4n) is 2.82. The van der Waals surface area contributed by atoms with Gasteiger partial charge in [0.05, 0.1) is 0 Å². The number of amides is 1. The molecule has 120 valence electrons. The molecule has 1 aliphatic rings. The molecule has 5 heteroatoms. The molecule has 0 saturated carbocycles. The van der Waals surface area contributed by atoms with Crippen LogP contribution in [0.15, 0.2) is 42.7 Å². The molecule has 1 fully saturated rings. The second-order valence-electron chi connectivity index (χ2n) is 5.80. The number of anilines is 1. The molecule has 3 rings (SSSR count). The average molecular weight is 310 g/mol. The molecule has 0 unspecified atom stereocenters. The Labute approximate surface area is 136 Å². The topological polar surface area (TPSA) is 58.1 Å². The minimum absolute atomic E-state index is 0.124. The van der Waals surface area contributed by atoms with Crippen molar-refractivity contribution in [2.24, 2.45) is 0 Å². The molecule has 1 aromatic carbocycles. The van der Waals surface area contributed by atoms with Crippen molar-refractivity contribution in [3.63, 3.8) is 0 Å². The summed E-state index contributed by atoms with van der Waals surface area (Å²) in [6.45, 7) is 2.67. The third kappa shape index (κ3) is 4.28. The van der Waals surface area contributed by atoms with E-state index in [1.807, 2.05) is 18.2 Å². The number of carbonyl (C=O) groups excluding carboxylic acids is 1. The number of aryl methyl sites for hydroxylation is 1. The van der Waals surface area contributed by atoms with Gasteiger partial charge in [-0.15, -0.1) is 0 Å². The van der Waals surface area contributed by atoms with Gasteiger partial charge in [-0.2, -0.15) is 0 Å². The van der Waals surface area contributed by atoms with E-state index in [1.165, 1.54) is 24.7 Å². The number of rotatable bonds is 6. The highest BCUT2D eigenvalue weighted by Gasteiger charge is 2.15. The summed E-state index contributed by atoms with van der Waals surface area (Å²) in [5, 5.41) is 2.94. The lowest BCUT2D eigenvalue weighted by Gasteiger charge is -2.16. The molecule has 1 aliphatic heterocycles. The largest absolute Gasteiger partial charge is 0.357 e. The molecule has 5 nitrogen and oxygen atoms in total. The van der Waals surface area contributed by atoms with Crippen molar-refractivity contribution in [1.82, 2.24) is 15.3 Å². The van der Waals surface area contributed by atoms with Gasteiger partial charge in [-0.3, -0.25) is 4.79 Å². The lowest BCUT2D eigenvalue weighted by molar-refractivity contribution is 0.0948. The molecule has 1 amide bonds. The van der Waals surface area contributed by atoms with Gasteiger partial charge in [0, 0.05) is 25.7 Å². The predicted octanol–water partition coefficient (Wildman–Crippen LogP) is 2.44. The van der Waals surface area contributed by atoms with E-state index < -0.39 is 0 Å². The maximum atomic E-state index is 12.2. The highest BCUT2D eigenvalue weighted by molar-refractivity contribution is 5.92. The summed E-state index contributed by atoms with van der Waals surface area (Å²) >= 11 is 0. The van der Waals surface area contributed by atoms with Gasteiger partial charge in [-0.1, -0.05) is 30.3 Å². The number of aromatic nitrogens is 2. The maximum Gasteiger partial charge on any atom is 0.270 e. The van der Waals surface area contributed by atoms with Gasteiger partial charge in [0.1, 0.15) is 17.8 Å². The van der Waals surface area contributed by atoms with Crippen LogP contribution in [0.2, 0.25) is 0 Å². The second kappa shape index (κ2) is 7.72. The van der Waals surface area contributed by atoms with Crippen LogP contribution in [-0.2, 0) is 6.42 Å². The molecule has 23 heavy (non-hydrogen) atoms. The summed E-state index contributed by atoms with van der Waals surface area (Å²) < 4.78 is 0. The van der Waals surface area contributed by atoms with Crippen LogP contribution in [0.1, 0.15) is 35.3 Å². The number of hydrogen-bond acceptors (Lipinski definition) is 4. The Morgan fingerprint density at radius 1 is 1.13 bits per heavy atom. The summed E-state index contributed by atoms with van der Waals surface area (Å²) in [5.41, 5.74) is 1.74. The number of nitrogens with one attached hydrogen (secondary N) is 1. The van der Waals surface area contributed by atoms with E-state index in [-0.39, 0.29) is 5.91 Å². The normalized spacial score (nSPS) is 14.0. The minimum Gasteiger partial charge on any atom is -0.357 e. The fraction of sp³-hybridized carbons (Fsp3) is 0.389. The molecule has 0 aliphatic carbocycles. The lowest BCUT2D eigenvalue weighted by atomic mass is 10.1. The minimum atomic E-state index is -0.124. The second-order valence-corrected chi connectivity index (χ2v) is 5.80. The van der Waals surface area contributed by atoms with Crippen molar-refractivity contribution in [2.45, 2.75) is 25.7 Å². The fourth-order valence-corrected chi connectivity index (χ4v) is 2.82. The average Bonchev–Trinajstić information content (AvgIpc) is 3.14. The Kier molecular flexibility index (Phi) is 5.19. The monoisotopic (exact) mass is 310 g/mol. The summed E-state index contributed by atoms with van der Waals surface area (Å²) in [4.78, 5) is 22.8. The van der Waals surface area contributed by atoms with Crippen LogP contribution in [0.5, 0.6) is 0 Å². The van der Waals surface area contributed by atoms with Crippen LogP contribution in [0.25, 0.3) is 0 Å². The molecule has 0 radical (unpaired) electrons. The third-order valence-corrected chi connectivity index (χ3v) is 4.09. The summed E-state index contributed by atoms with van der Waals surface area (Å²) in [5.74, 6) is 0.729. The van der Waals surface area contributed by atoms with Gasteiger partial charge in [0.15, 0.2) is 0 Å². The molecule has 1 N–H and O–H groups in total. The Morgan fingerprint density at radius 2 is 1.91 bits per heavy atom. The Morgan fingerprint density at radius 3 is 2.70 bits per heavy atom. The zero-order chi connectivity index (χ0) is 15.9. The standard InChI is InChI=1S/C18H22N4O/c23-18(19-10-6-9-15-7-2-1-3-8-15)16-13-17(21-14-20-16)22-11-4-5-12-22/h1-3,7-8,13-14H,4-6,9-12H2,(H,19,23). The molecule has 1 saturated heterocycles. The number of carbonyl (C=O) groups is 1. The van der Waals surface area contributed by atoms with Gasteiger partial charge in [-0.25, -0.2) is 9.97 Å². The maximum absolute atomic E-state index is 12.2. The summed E-state index contributed by atoms with van der Waals surface area (Å²) in [7, 11) is 0. The predicted molar refractivity (Wildman–Crippen MR) is 90.6 cm³/mol. The molecule has 0 spiro atoms. The quantitative estimate of drug-likeness (QED) is 0.833. The van der Waals surface area contributed by atoms with Crippen molar-refractivity contribution in [2.75, 3.05) is 24.5 Å². The molecule has 1 aromatic heterocycles. The van der Waals surface area contributed by atoms with Gasteiger partial charge in [0.25, 0.3) is 5.91 Å². The lowest BCUT2D eigenvalue weighted by Crippen LogP contribution is -2.27. The van der Waals surface area contributed by atoms with Crippen molar-refractivity contribution < 1.29 is 4.79 Å². The molecule has 0 atom stereocenters. The van der Waals surface area contributed by atoms with Crippen LogP contribution in [-0.4, -0.2) is 35.5 Å². The van der Waals surface area contributed by atoms with Gasteiger partial charge in [0.2, 0.25) is 0 Å². The van der Waals surface area contributed by atoms with Crippen LogP contribution in [0.4, 0.5) is 5.82 Å². The zero-order valence-electron chi connectivity index (χ0n) is 13.2. The van der Waals surface area contributed by atoms with Crippen molar-refractivity contribution in [3.8, 4) is 0 Å². The first-order chi connectivity index (χ1) is 11.3. The van der Waals surface area contributed by atoms with E-state index in [0.717, 1.165) is 31.7 Å². The van der Waals surface area contributed by atoms with E-state index in [0.29, 0.717) is 12.2 Å². The van der Waals surface area contributed by atoms with Crippen LogP contribution in [0, 0.1) is 0 Å². The molecular weight excluding hydrogens is 288 g/mol. The van der Waals surface area contributed by atoms with Gasteiger partial charge >= 0.3 is 0 Å².